The Morgan fingerprint density at radius 1 is 1.09 bits per heavy atom. The molecular formula is C24H23F3N6OS. The first kappa shape index (κ1) is 23.2. The molecule has 0 radical (unpaired) electrons. The summed E-state index contributed by atoms with van der Waals surface area (Å²) < 4.78 is 40.9. The fourth-order valence-electron chi connectivity index (χ4n) is 4.21. The van der Waals surface area contributed by atoms with Crippen molar-refractivity contribution in [1.29, 1.82) is 0 Å². The van der Waals surface area contributed by atoms with Crippen LogP contribution in [0, 0.1) is 6.92 Å². The second kappa shape index (κ2) is 9.21. The van der Waals surface area contributed by atoms with E-state index < -0.39 is 6.36 Å². The predicted octanol–water partition coefficient (Wildman–Crippen LogP) is 4.94. The average Bonchev–Trinajstić information content (AvgIpc) is 3.45. The molecule has 0 atom stereocenters. The van der Waals surface area contributed by atoms with E-state index in [4.69, 9.17) is 0 Å². The normalized spacial score (nSPS) is 15.6. The summed E-state index contributed by atoms with van der Waals surface area (Å²) in [6.45, 7) is 9.07. The molecule has 1 N–H and O–H groups in total. The molecule has 0 unspecified atom stereocenters. The van der Waals surface area contributed by atoms with Crippen LogP contribution in [-0.2, 0) is 6.42 Å². The van der Waals surface area contributed by atoms with Gasteiger partial charge in [-0.05, 0) is 42.8 Å². The van der Waals surface area contributed by atoms with E-state index in [-0.39, 0.29) is 5.75 Å². The minimum absolute atomic E-state index is 0.262. The largest absolute Gasteiger partial charge is 0.573 e. The van der Waals surface area contributed by atoms with Crippen LogP contribution >= 0.6 is 11.3 Å². The van der Waals surface area contributed by atoms with Crippen LogP contribution in [0.25, 0.3) is 11.6 Å². The van der Waals surface area contributed by atoms with Crippen LogP contribution in [0.15, 0.2) is 49.2 Å². The maximum atomic E-state index is 12.3. The molecule has 1 fully saturated rings. The van der Waals surface area contributed by atoms with Crippen molar-refractivity contribution in [3.05, 3.63) is 70.3 Å². The first-order valence-electron chi connectivity index (χ1n) is 11.0. The number of aromatic nitrogens is 3. The maximum absolute atomic E-state index is 12.3. The van der Waals surface area contributed by atoms with Crippen LogP contribution in [0.3, 0.4) is 0 Å². The third kappa shape index (κ3) is 5.24. The summed E-state index contributed by atoms with van der Waals surface area (Å²) >= 11 is 1.68. The Kier molecular flexibility index (Phi) is 6.10. The zero-order chi connectivity index (χ0) is 24.6. The van der Waals surface area contributed by atoms with Crippen LogP contribution in [0.1, 0.15) is 21.1 Å². The fraction of sp³-hybridized carbons (Fsp3) is 0.292. The molecule has 1 aliphatic carbocycles. The Labute approximate surface area is 204 Å². The number of halogens is 3. The second-order valence-electron chi connectivity index (χ2n) is 8.27. The van der Waals surface area contributed by atoms with Crippen molar-refractivity contribution in [2.75, 3.05) is 36.4 Å². The molecule has 5 rings (SSSR count). The average molecular weight is 501 g/mol. The quantitative estimate of drug-likeness (QED) is 0.514. The second-order valence-corrected chi connectivity index (χ2v) is 9.50. The van der Waals surface area contributed by atoms with Gasteiger partial charge in [-0.2, -0.15) is 0 Å². The highest BCUT2D eigenvalue weighted by molar-refractivity contribution is 7.12. The summed E-state index contributed by atoms with van der Waals surface area (Å²) in [6, 6.07) is 5.60. The molecule has 3 aromatic rings. The number of anilines is 2. The minimum atomic E-state index is -4.71. The van der Waals surface area contributed by atoms with Crippen LogP contribution in [-0.4, -0.2) is 52.4 Å². The number of allylic oxidation sites excluding steroid dienone is 1. The van der Waals surface area contributed by atoms with Gasteiger partial charge in [0.2, 0.25) is 0 Å². The fourth-order valence-corrected chi connectivity index (χ4v) is 5.00. The molecule has 1 aromatic carbocycles. The number of ether oxygens (including phenoxy) is 1. The van der Waals surface area contributed by atoms with Crippen molar-refractivity contribution in [3.8, 4) is 5.75 Å². The summed E-state index contributed by atoms with van der Waals surface area (Å²) in [4.78, 5) is 19.0. The smallest absolute Gasteiger partial charge is 0.406 e. The van der Waals surface area contributed by atoms with Gasteiger partial charge in [0.15, 0.2) is 0 Å². The van der Waals surface area contributed by atoms with Crippen molar-refractivity contribution >= 4 is 34.5 Å². The van der Waals surface area contributed by atoms with Crippen LogP contribution in [0.5, 0.6) is 5.75 Å². The molecule has 0 saturated carbocycles. The third-order valence-corrected chi connectivity index (χ3v) is 6.89. The Bertz CT molecular complexity index is 1260. The number of aryl methyl sites for hydroxylation is 1. The number of rotatable bonds is 6. The number of benzene rings is 1. The van der Waals surface area contributed by atoms with Gasteiger partial charge in [-0.15, -0.1) is 24.5 Å². The molecule has 35 heavy (non-hydrogen) atoms. The van der Waals surface area contributed by atoms with Gasteiger partial charge in [0, 0.05) is 50.0 Å². The van der Waals surface area contributed by atoms with Gasteiger partial charge in [-0.1, -0.05) is 6.58 Å². The van der Waals surface area contributed by atoms with Gasteiger partial charge in [0.05, 0.1) is 21.4 Å². The highest BCUT2D eigenvalue weighted by atomic mass is 32.1. The minimum Gasteiger partial charge on any atom is -0.406 e. The molecule has 2 aromatic heterocycles. The van der Waals surface area contributed by atoms with E-state index >= 15 is 0 Å². The molecule has 0 spiro atoms. The number of fused-ring (bicyclic) bond motifs is 1. The molecule has 2 aliphatic rings. The van der Waals surface area contributed by atoms with Gasteiger partial charge < -0.3 is 19.9 Å². The van der Waals surface area contributed by atoms with E-state index in [9.17, 15) is 13.2 Å². The number of nitrogens with zero attached hydrogens (tertiary/aromatic N) is 5. The van der Waals surface area contributed by atoms with E-state index in [0.29, 0.717) is 11.5 Å². The molecule has 0 amide bonds. The summed E-state index contributed by atoms with van der Waals surface area (Å²) in [6.07, 6.45) is 1.79. The molecule has 3 heterocycles. The number of piperazine rings is 1. The van der Waals surface area contributed by atoms with Crippen molar-refractivity contribution in [2.24, 2.45) is 0 Å². The standard InChI is InChI=1S/C24H23F3N6OS/c1-15(31-18-3-5-19(6-4-18)34-24(25,26)27)32-7-9-33(10-8-32)23-20-11-17(12-21(20)29-14-30-23)22-13-28-16(2)35-22/h3-6,11,13-14,31H,1,7-10,12H2,2H3. The number of alkyl halides is 3. The predicted molar refractivity (Wildman–Crippen MR) is 130 cm³/mol. The lowest BCUT2D eigenvalue weighted by atomic mass is 10.2. The van der Waals surface area contributed by atoms with Gasteiger partial charge in [0.1, 0.15) is 17.9 Å². The van der Waals surface area contributed by atoms with Gasteiger partial charge in [-0.3, -0.25) is 0 Å². The highest BCUT2D eigenvalue weighted by Crippen LogP contribution is 2.37. The van der Waals surface area contributed by atoms with Crippen LogP contribution in [0.2, 0.25) is 0 Å². The first-order chi connectivity index (χ1) is 16.7. The van der Waals surface area contributed by atoms with E-state index in [1.54, 1.807) is 17.7 Å². The van der Waals surface area contributed by atoms with Crippen molar-refractivity contribution in [2.45, 2.75) is 19.7 Å². The summed E-state index contributed by atoms with van der Waals surface area (Å²) in [5.74, 6) is 1.36. The number of nitrogens with one attached hydrogen (secondary N) is 1. The lowest BCUT2D eigenvalue weighted by Gasteiger charge is -2.38. The lowest BCUT2D eigenvalue weighted by molar-refractivity contribution is -0.274. The SMILES string of the molecule is C=C(Nc1ccc(OC(F)(F)F)cc1)N1CCN(c2ncnc3c2C=C(c2cnc(C)s2)C3)CC1. The van der Waals surface area contributed by atoms with Gasteiger partial charge in [-0.25, -0.2) is 15.0 Å². The van der Waals surface area contributed by atoms with Crippen molar-refractivity contribution in [3.63, 3.8) is 0 Å². The Morgan fingerprint density at radius 2 is 1.83 bits per heavy atom. The van der Waals surface area contributed by atoms with Crippen LogP contribution in [0.4, 0.5) is 24.7 Å². The van der Waals surface area contributed by atoms with Gasteiger partial charge >= 0.3 is 6.36 Å². The molecule has 182 valence electrons. The van der Waals surface area contributed by atoms with E-state index in [0.717, 1.165) is 59.6 Å². The Hall–Kier alpha value is -3.60. The van der Waals surface area contributed by atoms with Crippen molar-refractivity contribution < 1.29 is 17.9 Å². The molecule has 11 heteroatoms. The summed E-state index contributed by atoms with van der Waals surface area (Å²) in [7, 11) is 0. The zero-order valence-electron chi connectivity index (χ0n) is 19.0. The van der Waals surface area contributed by atoms with Crippen LogP contribution < -0.4 is 15.0 Å². The molecule has 1 saturated heterocycles. The first-order valence-corrected chi connectivity index (χ1v) is 11.9. The van der Waals surface area contributed by atoms with E-state index in [2.05, 4.69) is 47.5 Å². The molecule has 1 aliphatic heterocycles. The monoisotopic (exact) mass is 500 g/mol. The Morgan fingerprint density at radius 3 is 2.49 bits per heavy atom. The lowest BCUT2D eigenvalue weighted by Crippen LogP contribution is -2.47. The molecular weight excluding hydrogens is 477 g/mol. The van der Waals surface area contributed by atoms with Gasteiger partial charge in [0.25, 0.3) is 0 Å². The maximum Gasteiger partial charge on any atom is 0.573 e. The summed E-state index contributed by atoms with van der Waals surface area (Å²) in [5.41, 5.74) is 3.95. The van der Waals surface area contributed by atoms with Crippen molar-refractivity contribution in [1.82, 2.24) is 19.9 Å². The van der Waals surface area contributed by atoms with E-state index in [1.807, 2.05) is 13.1 Å². The van der Waals surface area contributed by atoms with E-state index in [1.165, 1.54) is 29.8 Å². The number of hydrogen-bond acceptors (Lipinski definition) is 8. The number of thiazole rings is 1. The zero-order valence-corrected chi connectivity index (χ0v) is 19.8. The number of hydrogen-bond donors (Lipinski definition) is 1. The Balaban J connectivity index is 1.20. The molecule has 0 bridgehead atoms. The highest BCUT2D eigenvalue weighted by Gasteiger charge is 2.31. The summed E-state index contributed by atoms with van der Waals surface area (Å²) in [5, 5.41) is 4.20. The topological polar surface area (TPSA) is 66.4 Å². The molecule has 7 nitrogen and oxygen atoms in total. The third-order valence-electron chi connectivity index (χ3n) is 5.90.